The molecule has 0 spiro atoms. The summed E-state index contributed by atoms with van der Waals surface area (Å²) in [7, 11) is 0. The molecule has 18 heavy (non-hydrogen) atoms. The molecule has 1 N–H and O–H groups in total. The van der Waals surface area contributed by atoms with Gasteiger partial charge >= 0.3 is 6.18 Å². The fourth-order valence-corrected chi connectivity index (χ4v) is 1.46. The number of imidazole rings is 1. The van der Waals surface area contributed by atoms with Crippen molar-refractivity contribution in [1.29, 1.82) is 0 Å². The summed E-state index contributed by atoms with van der Waals surface area (Å²) in [5, 5.41) is 0. The second kappa shape index (κ2) is 5.12. The lowest BCUT2D eigenvalue weighted by Crippen LogP contribution is -2.06. The van der Waals surface area contributed by atoms with Crippen molar-refractivity contribution in [3.8, 4) is 5.75 Å². The van der Waals surface area contributed by atoms with E-state index < -0.39 is 11.7 Å². The maximum absolute atomic E-state index is 12.4. The van der Waals surface area contributed by atoms with E-state index in [-0.39, 0.29) is 5.75 Å². The fourth-order valence-electron chi connectivity index (χ4n) is 1.46. The third kappa shape index (κ3) is 3.26. The first-order valence-electron chi connectivity index (χ1n) is 5.33. The molecule has 2 aromatic rings. The second-order valence-corrected chi connectivity index (χ2v) is 3.70. The Labute approximate surface area is 102 Å². The summed E-state index contributed by atoms with van der Waals surface area (Å²) in [6, 6.07) is 4.84. The van der Waals surface area contributed by atoms with Crippen LogP contribution in [0.2, 0.25) is 0 Å². The molecule has 96 valence electrons. The summed E-state index contributed by atoms with van der Waals surface area (Å²) >= 11 is 0. The number of ether oxygens (including phenoxy) is 1. The van der Waals surface area contributed by atoms with Crippen LogP contribution in [0.25, 0.3) is 0 Å². The van der Waals surface area contributed by atoms with Crippen molar-refractivity contribution in [2.24, 2.45) is 0 Å². The maximum atomic E-state index is 12.4. The van der Waals surface area contributed by atoms with E-state index in [4.69, 9.17) is 4.74 Å². The van der Waals surface area contributed by atoms with Gasteiger partial charge in [0.15, 0.2) is 0 Å². The van der Waals surface area contributed by atoms with Gasteiger partial charge in [0.25, 0.3) is 0 Å². The van der Waals surface area contributed by atoms with Gasteiger partial charge in [-0.05, 0) is 18.2 Å². The lowest BCUT2D eigenvalue weighted by Gasteiger charge is -2.09. The van der Waals surface area contributed by atoms with Crippen LogP contribution in [0.5, 0.6) is 5.75 Å². The predicted molar refractivity (Wildman–Crippen MR) is 59.2 cm³/mol. The predicted octanol–water partition coefficient (Wildman–Crippen LogP) is 3.05. The molecule has 1 aromatic carbocycles. The molecule has 0 fully saturated rings. The second-order valence-electron chi connectivity index (χ2n) is 3.70. The maximum Gasteiger partial charge on any atom is 0.416 e. The molecule has 3 nitrogen and oxygen atoms in total. The minimum atomic E-state index is -4.34. The van der Waals surface area contributed by atoms with Gasteiger partial charge in [-0.15, -0.1) is 0 Å². The highest BCUT2D eigenvalue weighted by Gasteiger charge is 2.30. The number of aromatic amines is 1. The standard InChI is InChI=1S/C12H11F3N2O/c13-12(14,15)9-2-1-3-11(6-9)18-5-4-10-7-16-8-17-10/h1-3,6-8H,4-5H2,(H,16,17). The summed E-state index contributed by atoms with van der Waals surface area (Å²) in [4.78, 5) is 6.72. The Bertz CT molecular complexity index is 494. The molecule has 0 saturated carbocycles. The van der Waals surface area contributed by atoms with Crippen LogP contribution >= 0.6 is 0 Å². The zero-order valence-corrected chi connectivity index (χ0v) is 9.37. The normalized spacial score (nSPS) is 11.5. The number of aromatic nitrogens is 2. The van der Waals surface area contributed by atoms with E-state index in [0.29, 0.717) is 13.0 Å². The Morgan fingerprint density at radius 2 is 2.11 bits per heavy atom. The van der Waals surface area contributed by atoms with Crippen LogP contribution in [0, 0.1) is 0 Å². The van der Waals surface area contributed by atoms with E-state index in [2.05, 4.69) is 9.97 Å². The summed E-state index contributed by atoms with van der Waals surface area (Å²) in [5.41, 5.74) is 0.170. The van der Waals surface area contributed by atoms with Crippen LogP contribution < -0.4 is 4.74 Å². The van der Waals surface area contributed by atoms with E-state index in [0.717, 1.165) is 17.8 Å². The molecule has 0 saturated heterocycles. The minimum absolute atomic E-state index is 0.212. The lowest BCUT2D eigenvalue weighted by molar-refractivity contribution is -0.137. The van der Waals surface area contributed by atoms with Crippen LogP contribution in [0.3, 0.4) is 0 Å². The quantitative estimate of drug-likeness (QED) is 0.913. The third-order valence-corrected chi connectivity index (χ3v) is 2.36. The van der Waals surface area contributed by atoms with Gasteiger partial charge in [-0.1, -0.05) is 6.07 Å². The summed E-state index contributed by atoms with van der Waals surface area (Å²) in [6.45, 7) is 0.295. The highest BCUT2D eigenvalue weighted by molar-refractivity contribution is 5.30. The first-order chi connectivity index (χ1) is 8.55. The monoisotopic (exact) mass is 256 g/mol. The topological polar surface area (TPSA) is 37.9 Å². The number of halogens is 3. The van der Waals surface area contributed by atoms with Crippen LogP contribution in [-0.4, -0.2) is 16.6 Å². The Balaban J connectivity index is 1.93. The Morgan fingerprint density at radius 1 is 1.28 bits per heavy atom. The van der Waals surface area contributed by atoms with Crippen LogP contribution in [-0.2, 0) is 12.6 Å². The average molecular weight is 256 g/mol. The van der Waals surface area contributed by atoms with E-state index in [9.17, 15) is 13.2 Å². The Hall–Kier alpha value is -1.98. The third-order valence-electron chi connectivity index (χ3n) is 2.36. The number of nitrogens with one attached hydrogen (secondary N) is 1. The van der Waals surface area contributed by atoms with Gasteiger partial charge < -0.3 is 9.72 Å². The summed E-state index contributed by atoms with van der Waals surface area (Å²) in [5.74, 6) is 0.212. The van der Waals surface area contributed by atoms with Gasteiger partial charge in [-0.2, -0.15) is 13.2 Å². The van der Waals surface area contributed by atoms with E-state index in [1.54, 1.807) is 12.5 Å². The molecule has 0 atom stereocenters. The van der Waals surface area contributed by atoms with Gasteiger partial charge in [0.05, 0.1) is 18.5 Å². The molecule has 0 unspecified atom stereocenters. The number of hydrogen-bond acceptors (Lipinski definition) is 2. The number of benzene rings is 1. The Morgan fingerprint density at radius 3 is 2.78 bits per heavy atom. The molecule has 6 heteroatoms. The number of hydrogen-bond donors (Lipinski definition) is 1. The SMILES string of the molecule is FC(F)(F)c1cccc(OCCc2cnc[nH]2)c1. The smallest absolute Gasteiger partial charge is 0.416 e. The molecule has 2 rings (SSSR count). The fraction of sp³-hybridized carbons (Fsp3) is 0.250. The number of rotatable bonds is 4. The molecule has 0 amide bonds. The van der Waals surface area contributed by atoms with Gasteiger partial charge in [0.1, 0.15) is 5.75 Å². The zero-order valence-electron chi connectivity index (χ0n) is 9.37. The van der Waals surface area contributed by atoms with Crippen molar-refractivity contribution >= 4 is 0 Å². The zero-order chi connectivity index (χ0) is 13.0. The average Bonchev–Trinajstić information content (AvgIpc) is 2.81. The highest BCUT2D eigenvalue weighted by Crippen LogP contribution is 2.31. The molecule has 0 bridgehead atoms. The molecule has 0 radical (unpaired) electrons. The first-order valence-corrected chi connectivity index (χ1v) is 5.33. The highest BCUT2D eigenvalue weighted by atomic mass is 19.4. The summed E-state index contributed by atoms with van der Waals surface area (Å²) < 4.78 is 42.6. The molecular formula is C12H11F3N2O. The van der Waals surface area contributed by atoms with Gasteiger partial charge in [0.2, 0.25) is 0 Å². The lowest BCUT2D eigenvalue weighted by atomic mass is 10.2. The van der Waals surface area contributed by atoms with Crippen molar-refractivity contribution in [2.45, 2.75) is 12.6 Å². The van der Waals surface area contributed by atoms with Crippen LogP contribution in [0.4, 0.5) is 13.2 Å². The van der Waals surface area contributed by atoms with Crippen molar-refractivity contribution in [1.82, 2.24) is 9.97 Å². The number of H-pyrrole nitrogens is 1. The van der Waals surface area contributed by atoms with Gasteiger partial charge in [-0.25, -0.2) is 4.98 Å². The number of nitrogens with zero attached hydrogens (tertiary/aromatic N) is 1. The van der Waals surface area contributed by atoms with Crippen molar-refractivity contribution in [2.75, 3.05) is 6.61 Å². The summed E-state index contributed by atoms with van der Waals surface area (Å²) in [6.07, 6.45) is -0.589. The van der Waals surface area contributed by atoms with E-state index in [1.807, 2.05) is 0 Å². The van der Waals surface area contributed by atoms with Gasteiger partial charge in [0, 0.05) is 18.3 Å². The molecule has 1 aromatic heterocycles. The number of alkyl halides is 3. The van der Waals surface area contributed by atoms with Gasteiger partial charge in [-0.3, -0.25) is 0 Å². The van der Waals surface area contributed by atoms with E-state index >= 15 is 0 Å². The minimum Gasteiger partial charge on any atom is -0.493 e. The first kappa shape index (κ1) is 12.5. The molecule has 1 heterocycles. The largest absolute Gasteiger partial charge is 0.493 e. The molecular weight excluding hydrogens is 245 g/mol. The van der Waals surface area contributed by atoms with Crippen molar-refractivity contribution < 1.29 is 17.9 Å². The molecule has 0 aliphatic rings. The van der Waals surface area contributed by atoms with Crippen molar-refractivity contribution in [3.05, 3.63) is 48.0 Å². The molecule has 0 aliphatic carbocycles. The van der Waals surface area contributed by atoms with Crippen LogP contribution in [0.1, 0.15) is 11.3 Å². The molecule has 0 aliphatic heterocycles. The van der Waals surface area contributed by atoms with Crippen molar-refractivity contribution in [3.63, 3.8) is 0 Å². The Kier molecular flexibility index (Phi) is 3.55. The van der Waals surface area contributed by atoms with Crippen LogP contribution in [0.15, 0.2) is 36.8 Å². The van der Waals surface area contributed by atoms with E-state index in [1.165, 1.54) is 12.1 Å².